The summed E-state index contributed by atoms with van der Waals surface area (Å²) in [5.74, 6) is 1.62. The number of morpholine rings is 1. The molecule has 2 amide bonds. The van der Waals surface area contributed by atoms with Crippen LogP contribution in [0.4, 0.5) is 22.1 Å². The summed E-state index contributed by atoms with van der Waals surface area (Å²) in [7, 11) is 0. The third-order valence-corrected chi connectivity index (χ3v) is 4.76. The predicted molar refractivity (Wildman–Crippen MR) is 109 cm³/mol. The quantitative estimate of drug-likeness (QED) is 0.495. The van der Waals surface area contributed by atoms with Crippen molar-refractivity contribution in [2.24, 2.45) is 0 Å². The molecule has 0 aliphatic carbocycles. The molecular weight excluding hydrogens is 364 g/mol. The minimum atomic E-state index is -0.230. The summed E-state index contributed by atoms with van der Waals surface area (Å²) in [6.45, 7) is 4.13. The van der Waals surface area contributed by atoms with Gasteiger partial charge in [0.05, 0.1) is 13.2 Å². The average Bonchev–Trinajstić information content (AvgIpc) is 2.72. The molecule has 1 fully saturated rings. The molecule has 144 valence electrons. The number of aromatic nitrogens is 2. The van der Waals surface area contributed by atoms with Gasteiger partial charge in [-0.2, -0.15) is 0 Å². The van der Waals surface area contributed by atoms with E-state index >= 15 is 0 Å². The van der Waals surface area contributed by atoms with E-state index in [1.165, 1.54) is 0 Å². The van der Waals surface area contributed by atoms with E-state index in [0.29, 0.717) is 26.3 Å². The van der Waals surface area contributed by atoms with Gasteiger partial charge < -0.3 is 25.6 Å². The van der Waals surface area contributed by atoms with Crippen molar-refractivity contribution in [1.82, 2.24) is 15.3 Å². The highest BCUT2D eigenvalue weighted by Gasteiger charge is 2.12. The molecule has 3 N–H and O–H groups in total. The Morgan fingerprint density at radius 1 is 1.22 bits per heavy atom. The van der Waals surface area contributed by atoms with Crippen molar-refractivity contribution in [3.8, 4) is 0 Å². The average molecular weight is 388 g/mol. The number of carbonyl (C=O) groups excluding carboxylic acids is 1. The number of urea groups is 1. The van der Waals surface area contributed by atoms with Crippen molar-refractivity contribution in [3.63, 3.8) is 0 Å². The first-order valence-electron chi connectivity index (χ1n) is 8.82. The van der Waals surface area contributed by atoms with Gasteiger partial charge in [-0.3, -0.25) is 0 Å². The number of hydrogen-bond donors (Lipinski definition) is 3. The molecule has 0 bridgehead atoms. The minimum Gasteiger partial charge on any atom is -0.378 e. The largest absolute Gasteiger partial charge is 0.378 e. The fourth-order valence-corrected chi connectivity index (χ4v) is 3.11. The Hall–Kier alpha value is -2.52. The van der Waals surface area contributed by atoms with Crippen molar-refractivity contribution in [2.75, 3.05) is 61.2 Å². The normalized spacial score (nSPS) is 13.9. The summed E-state index contributed by atoms with van der Waals surface area (Å²) in [6, 6.07) is 9.42. The molecule has 1 saturated heterocycles. The number of amides is 2. The highest BCUT2D eigenvalue weighted by molar-refractivity contribution is 7.98. The number of benzene rings is 1. The lowest BCUT2D eigenvalue weighted by Crippen LogP contribution is -2.36. The number of hydrogen-bond acceptors (Lipinski definition) is 7. The Bertz CT molecular complexity index is 754. The van der Waals surface area contributed by atoms with Gasteiger partial charge in [0.1, 0.15) is 18.0 Å². The third kappa shape index (κ3) is 6.00. The first-order valence-corrected chi connectivity index (χ1v) is 10.0. The zero-order chi connectivity index (χ0) is 18.9. The molecule has 0 radical (unpaired) electrons. The molecule has 2 aromatic rings. The maximum absolute atomic E-state index is 12.0. The van der Waals surface area contributed by atoms with E-state index in [2.05, 4.69) is 30.8 Å². The van der Waals surface area contributed by atoms with Gasteiger partial charge in [-0.15, -0.1) is 11.8 Å². The molecule has 8 nitrogen and oxygen atoms in total. The van der Waals surface area contributed by atoms with Crippen LogP contribution in [0.5, 0.6) is 0 Å². The summed E-state index contributed by atoms with van der Waals surface area (Å²) in [5.41, 5.74) is 0.776. The fourth-order valence-electron chi connectivity index (χ4n) is 2.65. The predicted octanol–water partition coefficient (Wildman–Crippen LogP) is 2.27. The van der Waals surface area contributed by atoms with Crippen molar-refractivity contribution >= 4 is 35.1 Å². The highest BCUT2D eigenvalue weighted by atomic mass is 32.2. The monoisotopic (exact) mass is 388 g/mol. The Labute approximate surface area is 163 Å². The maximum atomic E-state index is 12.0. The Morgan fingerprint density at radius 3 is 2.89 bits per heavy atom. The number of anilines is 3. The Balaban J connectivity index is 1.41. The van der Waals surface area contributed by atoms with Gasteiger partial charge >= 0.3 is 6.03 Å². The van der Waals surface area contributed by atoms with Crippen molar-refractivity contribution in [3.05, 3.63) is 36.7 Å². The molecule has 0 saturated carbocycles. The van der Waals surface area contributed by atoms with Crippen LogP contribution in [0, 0.1) is 0 Å². The molecule has 27 heavy (non-hydrogen) atoms. The van der Waals surface area contributed by atoms with Crippen LogP contribution >= 0.6 is 11.8 Å². The van der Waals surface area contributed by atoms with Crippen LogP contribution in [-0.2, 0) is 4.74 Å². The second-order valence-corrected chi connectivity index (χ2v) is 6.78. The van der Waals surface area contributed by atoms with Gasteiger partial charge in [-0.1, -0.05) is 6.07 Å². The van der Waals surface area contributed by atoms with Crippen LogP contribution < -0.4 is 20.9 Å². The van der Waals surface area contributed by atoms with Gasteiger partial charge in [0.2, 0.25) is 0 Å². The topological polar surface area (TPSA) is 91.4 Å². The summed E-state index contributed by atoms with van der Waals surface area (Å²) in [5, 5.41) is 8.87. The number of thioether (sulfide) groups is 1. The lowest BCUT2D eigenvalue weighted by molar-refractivity contribution is 0.122. The van der Waals surface area contributed by atoms with E-state index in [0.717, 1.165) is 35.3 Å². The molecule has 1 aromatic heterocycles. The SMILES string of the molecule is CSc1cccc(NC(=O)NCCNc2cc(N3CCOCC3)ncn2)c1. The lowest BCUT2D eigenvalue weighted by Gasteiger charge is -2.27. The van der Waals surface area contributed by atoms with Crippen LogP contribution in [-0.4, -0.2) is 61.6 Å². The Kier molecular flexibility index (Phi) is 7.11. The van der Waals surface area contributed by atoms with Crippen LogP contribution in [0.2, 0.25) is 0 Å². The van der Waals surface area contributed by atoms with Gasteiger partial charge in [0.25, 0.3) is 0 Å². The second-order valence-electron chi connectivity index (χ2n) is 5.90. The third-order valence-electron chi connectivity index (χ3n) is 4.03. The molecule has 9 heteroatoms. The molecule has 0 spiro atoms. The number of carbonyl (C=O) groups is 1. The molecule has 1 aliphatic rings. The number of nitrogens with one attached hydrogen (secondary N) is 3. The number of ether oxygens (including phenoxy) is 1. The lowest BCUT2D eigenvalue weighted by atomic mass is 10.3. The molecule has 1 aromatic carbocycles. The van der Waals surface area contributed by atoms with E-state index in [1.54, 1.807) is 18.1 Å². The van der Waals surface area contributed by atoms with E-state index in [-0.39, 0.29) is 6.03 Å². The summed E-state index contributed by atoms with van der Waals surface area (Å²) in [6.07, 6.45) is 3.55. The van der Waals surface area contributed by atoms with Crippen molar-refractivity contribution in [1.29, 1.82) is 0 Å². The summed E-state index contributed by atoms with van der Waals surface area (Å²) < 4.78 is 5.36. The fraction of sp³-hybridized carbons (Fsp3) is 0.389. The number of rotatable bonds is 7. The molecule has 2 heterocycles. The number of nitrogens with zero attached hydrogens (tertiary/aromatic N) is 3. The van der Waals surface area contributed by atoms with E-state index < -0.39 is 0 Å². The first-order chi connectivity index (χ1) is 13.2. The summed E-state index contributed by atoms with van der Waals surface area (Å²) in [4.78, 5) is 23.8. The van der Waals surface area contributed by atoms with Gasteiger partial charge in [-0.25, -0.2) is 14.8 Å². The molecule has 3 rings (SSSR count). The smallest absolute Gasteiger partial charge is 0.319 e. The van der Waals surface area contributed by atoms with Gasteiger partial charge in [-0.05, 0) is 24.5 Å². The molecule has 1 aliphatic heterocycles. The van der Waals surface area contributed by atoms with Crippen LogP contribution in [0.15, 0.2) is 41.6 Å². The Morgan fingerprint density at radius 2 is 2.07 bits per heavy atom. The van der Waals surface area contributed by atoms with Crippen molar-refractivity contribution in [2.45, 2.75) is 4.90 Å². The first kappa shape index (κ1) is 19.2. The van der Waals surface area contributed by atoms with Crippen LogP contribution in [0.3, 0.4) is 0 Å². The highest BCUT2D eigenvalue weighted by Crippen LogP contribution is 2.18. The van der Waals surface area contributed by atoms with Gasteiger partial charge in [0, 0.05) is 42.8 Å². The standard InChI is InChI=1S/C18H24N6O2S/c1-27-15-4-2-3-14(11-15)23-18(25)20-6-5-19-16-12-17(22-13-21-16)24-7-9-26-10-8-24/h2-4,11-13H,5-10H2,1H3,(H,19,21,22)(H2,20,23,25). The van der Waals surface area contributed by atoms with E-state index in [4.69, 9.17) is 4.74 Å². The van der Waals surface area contributed by atoms with Crippen molar-refractivity contribution < 1.29 is 9.53 Å². The zero-order valence-electron chi connectivity index (χ0n) is 15.3. The zero-order valence-corrected chi connectivity index (χ0v) is 16.1. The van der Waals surface area contributed by atoms with E-state index in [9.17, 15) is 4.79 Å². The summed E-state index contributed by atoms with van der Waals surface area (Å²) >= 11 is 1.64. The maximum Gasteiger partial charge on any atom is 0.319 e. The van der Waals surface area contributed by atoms with Crippen LogP contribution in [0.1, 0.15) is 0 Å². The van der Waals surface area contributed by atoms with Crippen LogP contribution in [0.25, 0.3) is 0 Å². The van der Waals surface area contributed by atoms with E-state index in [1.807, 2.05) is 36.6 Å². The van der Waals surface area contributed by atoms with Gasteiger partial charge in [0.15, 0.2) is 0 Å². The minimum absolute atomic E-state index is 0.230. The molecular formula is C18H24N6O2S. The second kappa shape index (κ2) is 9.98. The molecule has 0 atom stereocenters. The molecule has 0 unspecified atom stereocenters.